The lowest BCUT2D eigenvalue weighted by Gasteiger charge is -2.16. The van der Waals surface area contributed by atoms with Gasteiger partial charge in [-0.2, -0.15) is 0 Å². The van der Waals surface area contributed by atoms with E-state index in [4.69, 9.17) is 4.74 Å². The number of nitrogens with zero attached hydrogens (tertiary/aromatic N) is 4. The van der Waals surface area contributed by atoms with Crippen LogP contribution in [0, 0.1) is 6.92 Å². The Morgan fingerprint density at radius 1 is 1.18 bits per heavy atom. The molecule has 168 valence electrons. The number of thioether (sulfide) groups is 1. The Kier molecular flexibility index (Phi) is 5.63. The largest absolute Gasteiger partial charge is 0.497 e. The second-order valence-corrected chi connectivity index (χ2v) is 8.87. The van der Waals surface area contributed by atoms with E-state index in [1.807, 2.05) is 59.9 Å². The van der Waals surface area contributed by atoms with Crippen LogP contribution in [0.2, 0.25) is 0 Å². The molecule has 9 heteroatoms. The highest BCUT2D eigenvalue weighted by Gasteiger charge is 2.22. The molecule has 1 aliphatic rings. The third-order valence-electron chi connectivity index (χ3n) is 5.72. The van der Waals surface area contributed by atoms with Gasteiger partial charge in [-0.3, -0.25) is 14.0 Å². The number of hydrogen-bond acceptors (Lipinski definition) is 6. The quantitative estimate of drug-likeness (QED) is 0.436. The number of carbonyl (C=O) groups is 2. The summed E-state index contributed by atoms with van der Waals surface area (Å²) in [5, 5.41) is 13.2. The van der Waals surface area contributed by atoms with Crippen LogP contribution in [0.3, 0.4) is 0 Å². The van der Waals surface area contributed by atoms with Gasteiger partial charge in [0.05, 0.1) is 18.4 Å². The number of aryl methyl sites for hydroxylation is 1. The van der Waals surface area contributed by atoms with E-state index in [2.05, 4.69) is 15.5 Å². The first-order valence-corrected chi connectivity index (χ1v) is 11.7. The number of carbonyl (C=O) groups excluding carboxylic acids is 2. The number of methoxy groups -OCH3 is 1. The van der Waals surface area contributed by atoms with E-state index in [-0.39, 0.29) is 17.6 Å². The minimum absolute atomic E-state index is 0.117. The average Bonchev–Trinajstić information content (AvgIpc) is 3.43. The predicted molar refractivity (Wildman–Crippen MR) is 129 cm³/mol. The highest BCUT2D eigenvalue weighted by atomic mass is 32.2. The Labute approximate surface area is 194 Å². The summed E-state index contributed by atoms with van der Waals surface area (Å²) in [7, 11) is 1.63. The van der Waals surface area contributed by atoms with E-state index >= 15 is 0 Å². The minimum Gasteiger partial charge on any atom is -0.497 e. The van der Waals surface area contributed by atoms with Gasteiger partial charge in [-0.1, -0.05) is 17.8 Å². The fourth-order valence-electron chi connectivity index (χ4n) is 4.12. The second-order valence-electron chi connectivity index (χ2n) is 7.92. The van der Waals surface area contributed by atoms with Crippen molar-refractivity contribution in [2.45, 2.75) is 24.9 Å². The molecule has 1 saturated heterocycles. The summed E-state index contributed by atoms with van der Waals surface area (Å²) in [4.78, 5) is 26.4. The molecule has 0 unspecified atom stereocenters. The van der Waals surface area contributed by atoms with Gasteiger partial charge >= 0.3 is 0 Å². The van der Waals surface area contributed by atoms with Crippen molar-refractivity contribution in [1.29, 1.82) is 0 Å². The van der Waals surface area contributed by atoms with Crippen molar-refractivity contribution in [3.63, 3.8) is 0 Å². The smallest absolute Gasteiger partial charge is 0.234 e. The normalized spacial score (nSPS) is 13.8. The zero-order valence-electron chi connectivity index (χ0n) is 18.4. The number of pyridine rings is 1. The molecule has 0 aliphatic carbocycles. The van der Waals surface area contributed by atoms with Gasteiger partial charge in [0.1, 0.15) is 5.75 Å². The van der Waals surface area contributed by atoms with Gasteiger partial charge in [-0.25, -0.2) is 0 Å². The number of amides is 2. The van der Waals surface area contributed by atoms with Gasteiger partial charge in [0.2, 0.25) is 11.8 Å². The number of anilines is 2. The molecule has 33 heavy (non-hydrogen) atoms. The maximum atomic E-state index is 12.7. The second kappa shape index (κ2) is 8.74. The maximum Gasteiger partial charge on any atom is 0.234 e. The van der Waals surface area contributed by atoms with Crippen LogP contribution >= 0.6 is 11.8 Å². The van der Waals surface area contributed by atoms with Crippen molar-refractivity contribution in [1.82, 2.24) is 14.6 Å². The Balaban J connectivity index is 1.34. The number of rotatable bonds is 6. The summed E-state index contributed by atoms with van der Waals surface area (Å²) in [5.41, 5.74) is 4.22. The first kappa shape index (κ1) is 21.3. The molecule has 5 rings (SSSR count). The molecule has 1 fully saturated rings. The highest BCUT2D eigenvalue weighted by molar-refractivity contribution is 7.99. The van der Waals surface area contributed by atoms with Crippen molar-refractivity contribution in [2.24, 2.45) is 0 Å². The molecule has 2 aromatic heterocycles. The van der Waals surface area contributed by atoms with E-state index in [1.54, 1.807) is 12.0 Å². The standard InChI is InChI=1S/C24H23N5O3S/c1-15-11-21-26-27-24(29(21)20-13-18(32-2)8-9-19(15)20)33-14-22(30)25-16-5-3-6-17(12-16)28-10-4-7-23(28)31/h3,5-6,8-9,11-13H,4,7,10,14H2,1-2H3,(H,25,30). The molecular weight excluding hydrogens is 438 g/mol. The molecule has 4 aromatic rings. The monoisotopic (exact) mass is 461 g/mol. The average molecular weight is 462 g/mol. The van der Waals surface area contributed by atoms with E-state index in [9.17, 15) is 9.59 Å². The number of fused-ring (bicyclic) bond motifs is 3. The number of aromatic nitrogens is 3. The van der Waals surface area contributed by atoms with Crippen LogP contribution in [-0.4, -0.2) is 45.8 Å². The minimum atomic E-state index is -0.157. The van der Waals surface area contributed by atoms with Gasteiger partial charge in [0.15, 0.2) is 10.8 Å². The van der Waals surface area contributed by atoms with Gasteiger partial charge in [-0.15, -0.1) is 10.2 Å². The third-order valence-corrected chi connectivity index (χ3v) is 6.65. The molecule has 0 spiro atoms. The Morgan fingerprint density at radius 3 is 2.85 bits per heavy atom. The lowest BCUT2D eigenvalue weighted by atomic mass is 10.1. The molecule has 8 nitrogen and oxygen atoms in total. The topological polar surface area (TPSA) is 88.8 Å². The molecule has 2 amide bonds. The van der Waals surface area contributed by atoms with Gasteiger partial charge in [0.25, 0.3) is 0 Å². The first-order chi connectivity index (χ1) is 16.0. The summed E-state index contributed by atoms with van der Waals surface area (Å²) in [6, 6.07) is 15.3. The van der Waals surface area contributed by atoms with E-state index < -0.39 is 0 Å². The molecule has 1 aliphatic heterocycles. The van der Waals surface area contributed by atoms with Crippen molar-refractivity contribution in [2.75, 3.05) is 29.6 Å². The number of benzene rings is 2. The van der Waals surface area contributed by atoms with Crippen molar-refractivity contribution in [3.05, 3.63) is 54.1 Å². The molecule has 0 bridgehead atoms. The fraction of sp³-hybridized carbons (Fsp3) is 0.250. The van der Waals surface area contributed by atoms with Crippen LogP contribution in [-0.2, 0) is 9.59 Å². The summed E-state index contributed by atoms with van der Waals surface area (Å²) < 4.78 is 7.34. The SMILES string of the molecule is COc1ccc2c(C)cc3nnc(SCC(=O)Nc4cccc(N5CCCC5=O)c4)n3c2c1. The van der Waals surface area contributed by atoms with Crippen molar-refractivity contribution in [3.8, 4) is 5.75 Å². The Bertz CT molecular complexity index is 1380. The van der Waals surface area contributed by atoms with Crippen LogP contribution in [0.1, 0.15) is 18.4 Å². The summed E-state index contributed by atoms with van der Waals surface area (Å²) in [6.07, 6.45) is 1.43. The predicted octanol–water partition coefficient (Wildman–Crippen LogP) is 4.06. The lowest BCUT2D eigenvalue weighted by molar-refractivity contribution is -0.117. The van der Waals surface area contributed by atoms with Crippen LogP contribution in [0.4, 0.5) is 11.4 Å². The van der Waals surface area contributed by atoms with E-state index in [0.29, 0.717) is 23.8 Å². The van der Waals surface area contributed by atoms with Gasteiger partial charge in [-0.05, 0) is 55.3 Å². The molecule has 1 N–H and O–H groups in total. The van der Waals surface area contributed by atoms with Crippen molar-refractivity contribution >= 4 is 51.5 Å². The van der Waals surface area contributed by atoms with Crippen LogP contribution < -0.4 is 15.0 Å². The number of hydrogen-bond donors (Lipinski definition) is 1. The van der Waals surface area contributed by atoms with Gasteiger partial charge < -0.3 is 15.0 Å². The number of nitrogens with one attached hydrogen (secondary N) is 1. The van der Waals surface area contributed by atoms with E-state index in [0.717, 1.165) is 40.0 Å². The summed E-state index contributed by atoms with van der Waals surface area (Å²) in [5.74, 6) is 0.878. The van der Waals surface area contributed by atoms with Gasteiger partial charge in [0, 0.05) is 35.8 Å². The van der Waals surface area contributed by atoms with Crippen LogP contribution in [0.5, 0.6) is 5.75 Å². The van der Waals surface area contributed by atoms with Crippen LogP contribution in [0.15, 0.2) is 53.7 Å². The molecular formula is C24H23N5O3S. The Hall–Kier alpha value is -3.59. The third kappa shape index (κ3) is 4.11. The Morgan fingerprint density at radius 2 is 2.06 bits per heavy atom. The zero-order chi connectivity index (χ0) is 22.9. The lowest BCUT2D eigenvalue weighted by Crippen LogP contribution is -2.23. The highest BCUT2D eigenvalue weighted by Crippen LogP contribution is 2.29. The molecule has 2 aromatic carbocycles. The maximum absolute atomic E-state index is 12.7. The zero-order valence-corrected chi connectivity index (χ0v) is 19.2. The fourth-order valence-corrected chi connectivity index (χ4v) is 4.87. The first-order valence-electron chi connectivity index (χ1n) is 10.7. The number of ether oxygens (including phenoxy) is 1. The molecule has 0 radical (unpaired) electrons. The summed E-state index contributed by atoms with van der Waals surface area (Å²) in [6.45, 7) is 2.75. The van der Waals surface area contributed by atoms with E-state index in [1.165, 1.54) is 11.8 Å². The molecule has 0 saturated carbocycles. The summed E-state index contributed by atoms with van der Waals surface area (Å²) >= 11 is 1.32. The molecule has 0 atom stereocenters. The molecule has 3 heterocycles. The van der Waals surface area contributed by atoms with Crippen LogP contribution in [0.25, 0.3) is 16.6 Å². The van der Waals surface area contributed by atoms with Crippen molar-refractivity contribution < 1.29 is 14.3 Å².